The van der Waals surface area contributed by atoms with Gasteiger partial charge >= 0.3 is 0 Å². The van der Waals surface area contributed by atoms with Gasteiger partial charge in [-0.3, -0.25) is 0 Å². The molecule has 1 fully saturated rings. The molecule has 3 heterocycles. The fraction of sp³-hybridized carbons (Fsp3) is 0.474. The van der Waals surface area contributed by atoms with Gasteiger partial charge in [0.15, 0.2) is 5.96 Å². The van der Waals surface area contributed by atoms with Crippen molar-refractivity contribution in [2.75, 3.05) is 44.8 Å². The standard InChI is InChI=1S/C19H27N5O2.BrH/c1-16(15-25-2)22-19(21-14-17-6-5-13-26-17)24-11-9-23(10-12-24)18-7-3-4-8-20-18;/h3-8,13,16H,9-12,14-15H2,1-2H3,(H,21,22);1H. The van der Waals surface area contributed by atoms with E-state index >= 15 is 0 Å². The fourth-order valence-electron chi connectivity index (χ4n) is 2.99. The van der Waals surface area contributed by atoms with E-state index in [9.17, 15) is 0 Å². The summed E-state index contributed by atoms with van der Waals surface area (Å²) in [6.07, 6.45) is 3.52. The second-order valence-corrected chi connectivity index (χ2v) is 6.38. The van der Waals surface area contributed by atoms with Crippen LogP contribution in [0.4, 0.5) is 5.82 Å². The van der Waals surface area contributed by atoms with Gasteiger partial charge in [0, 0.05) is 45.5 Å². The van der Waals surface area contributed by atoms with Crippen LogP contribution in [0.3, 0.4) is 0 Å². The summed E-state index contributed by atoms with van der Waals surface area (Å²) in [6, 6.07) is 10.0. The van der Waals surface area contributed by atoms with Gasteiger partial charge in [-0.05, 0) is 31.2 Å². The summed E-state index contributed by atoms with van der Waals surface area (Å²) >= 11 is 0. The molecule has 0 bridgehead atoms. The second kappa shape index (κ2) is 10.9. The summed E-state index contributed by atoms with van der Waals surface area (Å²) < 4.78 is 10.7. The van der Waals surface area contributed by atoms with Crippen LogP contribution in [-0.4, -0.2) is 61.8 Å². The molecule has 27 heavy (non-hydrogen) atoms. The highest BCUT2D eigenvalue weighted by atomic mass is 79.9. The number of nitrogens with one attached hydrogen (secondary N) is 1. The van der Waals surface area contributed by atoms with E-state index in [-0.39, 0.29) is 23.0 Å². The molecule has 0 aliphatic carbocycles. The maximum atomic E-state index is 5.40. The Morgan fingerprint density at radius 2 is 2.07 bits per heavy atom. The summed E-state index contributed by atoms with van der Waals surface area (Å²) in [7, 11) is 1.71. The van der Waals surface area contributed by atoms with Gasteiger partial charge in [-0.25, -0.2) is 9.98 Å². The SMILES string of the molecule is Br.COCC(C)NC(=NCc1ccco1)N1CCN(c2ccccn2)CC1. The molecule has 1 aliphatic heterocycles. The summed E-state index contributed by atoms with van der Waals surface area (Å²) in [4.78, 5) is 13.8. The van der Waals surface area contributed by atoms with Crippen molar-refractivity contribution in [1.82, 2.24) is 15.2 Å². The number of methoxy groups -OCH3 is 1. The third kappa shape index (κ3) is 6.25. The van der Waals surface area contributed by atoms with Crippen LogP contribution in [0.25, 0.3) is 0 Å². The van der Waals surface area contributed by atoms with E-state index < -0.39 is 0 Å². The molecule has 7 nitrogen and oxygen atoms in total. The molecule has 1 N–H and O–H groups in total. The summed E-state index contributed by atoms with van der Waals surface area (Å²) in [5.41, 5.74) is 0. The van der Waals surface area contributed by atoms with E-state index in [1.807, 2.05) is 30.5 Å². The fourth-order valence-corrected chi connectivity index (χ4v) is 2.99. The van der Waals surface area contributed by atoms with Gasteiger partial charge in [-0.15, -0.1) is 17.0 Å². The first-order valence-corrected chi connectivity index (χ1v) is 8.99. The molecule has 2 aromatic heterocycles. The number of anilines is 1. The number of pyridine rings is 1. The van der Waals surface area contributed by atoms with Crippen LogP contribution in [0.15, 0.2) is 52.2 Å². The Morgan fingerprint density at radius 3 is 2.70 bits per heavy atom. The van der Waals surface area contributed by atoms with Gasteiger partial charge < -0.3 is 24.3 Å². The van der Waals surface area contributed by atoms with E-state index in [1.54, 1.807) is 13.4 Å². The molecular formula is C19H28BrN5O2. The minimum Gasteiger partial charge on any atom is -0.467 e. The lowest BCUT2D eigenvalue weighted by Crippen LogP contribution is -2.54. The number of halogens is 1. The minimum absolute atomic E-state index is 0. The van der Waals surface area contributed by atoms with E-state index in [0.29, 0.717) is 13.2 Å². The Bertz CT molecular complexity index is 673. The number of furan rings is 1. The largest absolute Gasteiger partial charge is 0.467 e. The molecule has 0 radical (unpaired) electrons. The summed E-state index contributed by atoms with van der Waals surface area (Å²) in [6.45, 7) is 6.86. The summed E-state index contributed by atoms with van der Waals surface area (Å²) in [5.74, 6) is 2.78. The Balaban J connectivity index is 0.00000261. The average Bonchev–Trinajstić information content (AvgIpc) is 3.20. The van der Waals surface area contributed by atoms with Crippen molar-refractivity contribution < 1.29 is 9.15 Å². The lowest BCUT2D eigenvalue weighted by Gasteiger charge is -2.37. The quantitative estimate of drug-likeness (QED) is 0.553. The number of nitrogens with zero attached hydrogens (tertiary/aromatic N) is 4. The van der Waals surface area contributed by atoms with Gasteiger partial charge in [0.1, 0.15) is 18.1 Å². The van der Waals surface area contributed by atoms with Crippen LogP contribution < -0.4 is 10.2 Å². The molecule has 3 rings (SSSR count). The highest BCUT2D eigenvalue weighted by Crippen LogP contribution is 2.13. The predicted octanol–water partition coefficient (Wildman–Crippen LogP) is 2.56. The minimum atomic E-state index is 0. The number of aliphatic imine (C=N–C) groups is 1. The number of hydrogen-bond donors (Lipinski definition) is 1. The maximum Gasteiger partial charge on any atom is 0.194 e. The Labute approximate surface area is 171 Å². The van der Waals surface area contributed by atoms with Crippen molar-refractivity contribution >= 4 is 28.8 Å². The number of hydrogen-bond acceptors (Lipinski definition) is 5. The monoisotopic (exact) mass is 437 g/mol. The van der Waals surface area contributed by atoms with E-state index in [1.165, 1.54) is 0 Å². The molecule has 1 aliphatic rings. The molecule has 0 saturated carbocycles. The maximum absolute atomic E-state index is 5.40. The molecule has 1 unspecified atom stereocenters. The highest BCUT2D eigenvalue weighted by Gasteiger charge is 2.21. The molecule has 0 spiro atoms. The van der Waals surface area contributed by atoms with Gasteiger partial charge in [-0.1, -0.05) is 6.07 Å². The van der Waals surface area contributed by atoms with Crippen molar-refractivity contribution in [3.05, 3.63) is 48.6 Å². The predicted molar refractivity (Wildman–Crippen MR) is 113 cm³/mol. The van der Waals surface area contributed by atoms with Crippen LogP contribution >= 0.6 is 17.0 Å². The van der Waals surface area contributed by atoms with E-state index in [4.69, 9.17) is 14.1 Å². The molecule has 0 amide bonds. The van der Waals surface area contributed by atoms with E-state index in [0.717, 1.165) is 43.7 Å². The van der Waals surface area contributed by atoms with Crippen molar-refractivity contribution in [2.24, 2.45) is 4.99 Å². The molecular weight excluding hydrogens is 410 g/mol. The Kier molecular flexibility index (Phi) is 8.60. The number of piperazine rings is 1. The smallest absolute Gasteiger partial charge is 0.194 e. The van der Waals surface area contributed by atoms with Crippen molar-refractivity contribution in [3.63, 3.8) is 0 Å². The van der Waals surface area contributed by atoms with Crippen LogP contribution in [0.2, 0.25) is 0 Å². The number of rotatable bonds is 6. The second-order valence-electron chi connectivity index (χ2n) is 6.38. The van der Waals surface area contributed by atoms with Crippen LogP contribution in [0.5, 0.6) is 0 Å². The Morgan fingerprint density at radius 1 is 1.26 bits per heavy atom. The van der Waals surface area contributed by atoms with Gasteiger partial charge in [-0.2, -0.15) is 0 Å². The first-order valence-electron chi connectivity index (χ1n) is 8.99. The van der Waals surface area contributed by atoms with Crippen LogP contribution in [0.1, 0.15) is 12.7 Å². The molecule has 148 valence electrons. The molecule has 8 heteroatoms. The zero-order valence-corrected chi connectivity index (χ0v) is 17.6. The van der Waals surface area contributed by atoms with Crippen LogP contribution in [0, 0.1) is 0 Å². The zero-order chi connectivity index (χ0) is 18.2. The third-order valence-electron chi connectivity index (χ3n) is 4.31. The van der Waals surface area contributed by atoms with Gasteiger partial charge in [0.25, 0.3) is 0 Å². The Hall–Kier alpha value is -2.06. The molecule has 1 atom stereocenters. The average molecular weight is 438 g/mol. The first-order chi connectivity index (χ1) is 12.8. The third-order valence-corrected chi connectivity index (χ3v) is 4.31. The van der Waals surface area contributed by atoms with Crippen molar-refractivity contribution in [3.8, 4) is 0 Å². The lowest BCUT2D eigenvalue weighted by atomic mass is 10.3. The lowest BCUT2D eigenvalue weighted by molar-refractivity contribution is 0.177. The topological polar surface area (TPSA) is 66.1 Å². The first kappa shape index (κ1) is 21.2. The zero-order valence-electron chi connectivity index (χ0n) is 15.9. The van der Waals surface area contributed by atoms with Crippen LogP contribution in [-0.2, 0) is 11.3 Å². The highest BCUT2D eigenvalue weighted by molar-refractivity contribution is 8.93. The summed E-state index contributed by atoms with van der Waals surface area (Å²) in [5, 5.41) is 3.48. The molecule has 1 saturated heterocycles. The number of guanidine groups is 1. The van der Waals surface area contributed by atoms with Crippen molar-refractivity contribution in [1.29, 1.82) is 0 Å². The van der Waals surface area contributed by atoms with Crippen molar-refractivity contribution in [2.45, 2.75) is 19.5 Å². The molecule has 2 aromatic rings. The number of ether oxygens (including phenoxy) is 1. The van der Waals surface area contributed by atoms with E-state index in [2.05, 4.69) is 33.1 Å². The van der Waals surface area contributed by atoms with Gasteiger partial charge in [0.05, 0.1) is 12.9 Å². The van der Waals surface area contributed by atoms with Gasteiger partial charge in [0.2, 0.25) is 0 Å². The molecule has 0 aromatic carbocycles. The normalized spacial score (nSPS) is 16.0. The number of aromatic nitrogens is 1.